The minimum Gasteiger partial charge on any atom is -0.300 e. The zero-order valence-electron chi connectivity index (χ0n) is 13.2. The third-order valence-electron chi connectivity index (χ3n) is 5.71. The second-order valence-electron chi connectivity index (χ2n) is 6.93. The highest BCUT2D eigenvalue weighted by Crippen LogP contribution is 2.39. The molecule has 0 radical (unpaired) electrons. The summed E-state index contributed by atoms with van der Waals surface area (Å²) in [4.78, 5) is 2.57. The molecule has 0 aliphatic carbocycles. The number of fused-ring (bicyclic) bond motifs is 3. The van der Waals surface area contributed by atoms with Gasteiger partial charge in [0.1, 0.15) is 5.69 Å². The van der Waals surface area contributed by atoms with Gasteiger partial charge in [-0.3, -0.25) is 0 Å². The van der Waals surface area contributed by atoms with Crippen LogP contribution in [-0.4, -0.2) is 39.0 Å². The summed E-state index contributed by atoms with van der Waals surface area (Å²) in [6.45, 7) is 0. The first-order chi connectivity index (χ1) is 11.3. The third kappa shape index (κ3) is 2.22. The maximum atomic E-state index is 4.46. The zero-order valence-corrected chi connectivity index (χ0v) is 14.0. The van der Waals surface area contributed by atoms with Crippen LogP contribution in [0.25, 0.3) is 21.3 Å². The molecule has 0 amide bonds. The number of benzene rings is 1. The first-order valence-electron chi connectivity index (χ1n) is 8.39. The maximum Gasteiger partial charge on any atom is 0.113 e. The van der Waals surface area contributed by atoms with Crippen molar-refractivity contribution in [3.8, 4) is 11.3 Å². The molecule has 2 aromatic heterocycles. The van der Waals surface area contributed by atoms with Gasteiger partial charge in [-0.1, -0.05) is 11.3 Å². The van der Waals surface area contributed by atoms with E-state index in [9.17, 15) is 0 Å². The predicted octanol–water partition coefficient (Wildman–Crippen LogP) is 3.96. The Kier molecular flexibility index (Phi) is 3.06. The van der Waals surface area contributed by atoms with Gasteiger partial charge in [0.25, 0.3) is 0 Å². The fraction of sp³-hybridized carbons (Fsp3) is 0.444. The summed E-state index contributed by atoms with van der Waals surface area (Å²) in [5, 5.41) is 12.3. The van der Waals surface area contributed by atoms with E-state index in [-0.39, 0.29) is 0 Å². The summed E-state index contributed by atoms with van der Waals surface area (Å²) in [7, 11) is 2.28. The molecule has 2 bridgehead atoms. The van der Waals surface area contributed by atoms with Crippen LogP contribution in [0.1, 0.15) is 31.7 Å². The van der Waals surface area contributed by atoms with Gasteiger partial charge in [-0.15, -0.1) is 16.4 Å². The first-order valence-corrected chi connectivity index (χ1v) is 9.27. The van der Waals surface area contributed by atoms with Crippen molar-refractivity contribution in [1.29, 1.82) is 0 Å². The van der Waals surface area contributed by atoms with Crippen molar-refractivity contribution in [1.82, 2.24) is 19.9 Å². The molecule has 2 aliphatic rings. The van der Waals surface area contributed by atoms with E-state index in [1.165, 1.54) is 35.8 Å². The zero-order chi connectivity index (χ0) is 15.4. The summed E-state index contributed by atoms with van der Waals surface area (Å²) in [6.07, 6.45) is 7.24. The van der Waals surface area contributed by atoms with Crippen molar-refractivity contribution >= 4 is 21.4 Å². The molecule has 5 heteroatoms. The van der Waals surface area contributed by atoms with Gasteiger partial charge in [0.2, 0.25) is 0 Å². The van der Waals surface area contributed by atoms with Crippen LogP contribution in [0.5, 0.6) is 0 Å². The topological polar surface area (TPSA) is 34.0 Å². The fourth-order valence-electron chi connectivity index (χ4n) is 4.31. The Bertz CT molecular complexity index is 837. The van der Waals surface area contributed by atoms with Gasteiger partial charge >= 0.3 is 0 Å². The van der Waals surface area contributed by atoms with Gasteiger partial charge in [0.05, 0.1) is 12.2 Å². The van der Waals surface area contributed by atoms with Gasteiger partial charge in [0.15, 0.2) is 0 Å². The second-order valence-corrected chi connectivity index (χ2v) is 7.88. The van der Waals surface area contributed by atoms with E-state index in [4.69, 9.17) is 0 Å². The lowest BCUT2D eigenvalue weighted by molar-refractivity contribution is 0.130. The highest BCUT2D eigenvalue weighted by atomic mass is 32.1. The van der Waals surface area contributed by atoms with Crippen molar-refractivity contribution in [2.24, 2.45) is 0 Å². The lowest BCUT2D eigenvalue weighted by atomic mass is 9.98. The van der Waals surface area contributed by atoms with Gasteiger partial charge in [0, 0.05) is 22.3 Å². The number of nitrogens with zero attached hydrogens (tertiary/aromatic N) is 4. The quantitative estimate of drug-likeness (QED) is 0.715. The number of aromatic nitrogens is 3. The Morgan fingerprint density at radius 1 is 1.09 bits per heavy atom. The average Bonchev–Trinajstić information content (AvgIpc) is 3.25. The van der Waals surface area contributed by atoms with E-state index in [1.807, 2.05) is 0 Å². The molecule has 4 heterocycles. The largest absolute Gasteiger partial charge is 0.300 e. The summed E-state index contributed by atoms with van der Waals surface area (Å²) in [6, 6.07) is 10.7. The average molecular weight is 324 g/mol. The van der Waals surface area contributed by atoms with Crippen molar-refractivity contribution < 1.29 is 0 Å². The Hall–Kier alpha value is -1.72. The number of hydrogen-bond acceptors (Lipinski definition) is 4. The summed E-state index contributed by atoms with van der Waals surface area (Å²) in [5.74, 6) is 0. The maximum absolute atomic E-state index is 4.46. The van der Waals surface area contributed by atoms with Crippen LogP contribution >= 0.6 is 11.3 Å². The Morgan fingerprint density at radius 2 is 1.91 bits per heavy atom. The molecule has 1 aromatic carbocycles. The van der Waals surface area contributed by atoms with Crippen LogP contribution in [-0.2, 0) is 0 Å². The van der Waals surface area contributed by atoms with Gasteiger partial charge in [-0.25, -0.2) is 4.68 Å². The smallest absolute Gasteiger partial charge is 0.113 e. The lowest BCUT2D eigenvalue weighted by Crippen LogP contribution is -2.40. The predicted molar refractivity (Wildman–Crippen MR) is 93.7 cm³/mol. The summed E-state index contributed by atoms with van der Waals surface area (Å²) < 4.78 is 3.44. The van der Waals surface area contributed by atoms with Crippen LogP contribution < -0.4 is 0 Å². The highest BCUT2D eigenvalue weighted by molar-refractivity contribution is 7.17. The van der Waals surface area contributed by atoms with Crippen molar-refractivity contribution in [3.63, 3.8) is 0 Å². The van der Waals surface area contributed by atoms with E-state index in [1.54, 1.807) is 11.3 Å². The Balaban J connectivity index is 1.44. The van der Waals surface area contributed by atoms with E-state index in [0.29, 0.717) is 6.04 Å². The Labute approximate surface area is 139 Å². The minimum atomic E-state index is 0.509. The van der Waals surface area contributed by atoms with Crippen molar-refractivity contribution in [3.05, 3.63) is 35.8 Å². The number of thiophene rings is 1. The second kappa shape index (κ2) is 5.14. The van der Waals surface area contributed by atoms with E-state index in [0.717, 1.165) is 23.3 Å². The molecule has 3 atom stereocenters. The van der Waals surface area contributed by atoms with E-state index >= 15 is 0 Å². The fourth-order valence-corrected chi connectivity index (χ4v) is 5.08. The first kappa shape index (κ1) is 13.7. The van der Waals surface area contributed by atoms with Crippen LogP contribution in [0, 0.1) is 0 Å². The molecule has 2 aliphatic heterocycles. The Morgan fingerprint density at radius 3 is 2.74 bits per heavy atom. The molecule has 118 valence electrons. The molecule has 4 nitrogen and oxygen atoms in total. The third-order valence-corrected chi connectivity index (χ3v) is 6.60. The van der Waals surface area contributed by atoms with Crippen molar-refractivity contribution in [2.75, 3.05) is 7.05 Å². The molecule has 2 saturated heterocycles. The highest BCUT2D eigenvalue weighted by Gasteiger charge is 2.39. The molecular formula is C18H20N4S. The van der Waals surface area contributed by atoms with Gasteiger partial charge < -0.3 is 4.90 Å². The van der Waals surface area contributed by atoms with Crippen LogP contribution in [0.15, 0.2) is 35.8 Å². The molecular weight excluding hydrogens is 304 g/mol. The number of hydrogen-bond donors (Lipinski definition) is 0. The van der Waals surface area contributed by atoms with E-state index in [2.05, 4.69) is 62.8 Å². The molecule has 0 saturated carbocycles. The number of piperidine rings is 1. The molecule has 0 N–H and O–H groups in total. The number of rotatable bonds is 2. The lowest BCUT2D eigenvalue weighted by Gasteiger charge is -2.36. The molecule has 3 aromatic rings. The normalized spacial score (nSPS) is 27.8. The summed E-state index contributed by atoms with van der Waals surface area (Å²) >= 11 is 1.78. The SMILES string of the molecule is CN1[C@@H]2CC[C@H]1C[C@@H](n1cc(-c3ccc4sccc4c3)nn1)C2. The summed E-state index contributed by atoms with van der Waals surface area (Å²) in [5.41, 5.74) is 2.16. The monoisotopic (exact) mass is 324 g/mol. The molecule has 23 heavy (non-hydrogen) atoms. The molecule has 0 spiro atoms. The van der Waals surface area contributed by atoms with Crippen LogP contribution in [0.3, 0.4) is 0 Å². The molecule has 0 unspecified atom stereocenters. The minimum absolute atomic E-state index is 0.509. The standard InChI is InChI=1S/C18H20N4S/c1-21-14-3-4-15(21)10-16(9-14)22-11-17(19-20-22)12-2-5-18-13(8-12)6-7-23-18/h2,5-8,11,14-16H,3-4,9-10H2,1H3/t14-,15+,16+. The van der Waals surface area contributed by atoms with Crippen LogP contribution in [0.2, 0.25) is 0 Å². The van der Waals surface area contributed by atoms with Crippen LogP contribution in [0.4, 0.5) is 0 Å². The van der Waals surface area contributed by atoms with E-state index < -0.39 is 0 Å². The van der Waals surface area contributed by atoms with Crippen molar-refractivity contribution in [2.45, 2.75) is 43.8 Å². The molecule has 2 fully saturated rings. The van der Waals surface area contributed by atoms with Gasteiger partial charge in [-0.05, 0) is 61.7 Å². The van der Waals surface area contributed by atoms with Gasteiger partial charge in [-0.2, -0.15) is 0 Å². The molecule has 5 rings (SSSR count).